The van der Waals surface area contributed by atoms with Crippen molar-refractivity contribution in [3.8, 4) is 5.75 Å². The monoisotopic (exact) mass is 329 g/mol. The summed E-state index contributed by atoms with van der Waals surface area (Å²) in [4.78, 5) is 0. The van der Waals surface area contributed by atoms with Crippen LogP contribution in [0.2, 0.25) is 0 Å². The number of hydrogen-bond donors (Lipinski definition) is 1. The first-order chi connectivity index (χ1) is 10.3. The highest BCUT2D eigenvalue weighted by Crippen LogP contribution is 2.32. The first-order valence-corrected chi connectivity index (χ1v) is 10.0. The molecule has 1 aromatic rings. The predicted molar refractivity (Wildman–Crippen MR) is 91.0 cm³/mol. The molecule has 1 aliphatic carbocycles. The molecule has 1 N–H and O–H groups in total. The molecule has 0 radical (unpaired) electrons. The van der Waals surface area contributed by atoms with Crippen LogP contribution in [0.15, 0.2) is 18.2 Å². The lowest BCUT2D eigenvalue weighted by Gasteiger charge is -2.09. The molecule has 118 valence electrons. The molecular formula is C16H24FNOS2. The van der Waals surface area contributed by atoms with Gasteiger partial charge in [-0.3, -0.25) is 4.72 Å². The highest BCUT2D eigenvalue weighted by atomic mass is 33.1. The van der Waals surface area contributed by atoms with Gasteiger partial charge in [-0.05, 0) is 47.4 Å². The van der Waals surface area contributed by atoms with E-state index in [4.69, 9.17) is 4.74 Å². The quantitative estimate of drug-likeness (QED) is 0.342. The molecule has 1 fully saturated rings. The van der Waals surface area contributed by atoms with Gasteiger partial charge in [0.2, 0.25) is 0 Å². The van der Waals surface area contributed by atoms with Crippen molar-refractivity contribution in [1.29, 1.82) is 0 Å². The van der Waals surface area contributed by atoms with Crippen LogP contribution in [0.4, 0.5) is 4.39 Å². The summed E-state index contributed by atoms with van der Waals surface area (Å²) in [7, 11) is 3.49. The molecule has 0 saturated heterocycles. The fourth-order valence-electron chi connectivity index (χ4n) is 1.91. The Morgan fingerprint density at radius 2 is 2.24 bits per heavy atom. The van der Waals surface area contributed by atoms with E-state index in [2.05, 4.69) is 11.6 Å². The standard InChI is InChI=1S/C16H24FNOS2/c1-2-3-10-20-21-18-12-14-6-7-15(17)16(11-14)19-9-8-13-4-5-13/h6-7,11,13,18H,2-5,8-10,12H2,1H3. The molecule has 0 unspecified atom stereocenters. The van der Waals surface area contributed by atoms with Crippen molar-refractivity contribution >= 4 is 21.8 Å². The molecule has 0 heterocycles. The van der Waals surface area contributed by atoms with Crippen molar-refractivity contribution in [2.75, 3.05) is 12.4 Å². The lowest BCUT2D eigenvalue weighted by molar-refractivity contribution is 0.288. The Bertz CT molecular complexity index is 427. The highest BCUT2D eigenvalue weighted by molar-refractivity contribution is 8.76. The molecule has 0 atom stereocenters. The largest absolute Gasteiger partial charge is 0.490 e. The van der Waals surface area contributed by atoms with Crippen molar-refractivity contribution in [3.05, 3.63) is 29.6 Å². The minimum absolute atomic E-state index is 0.264. The summed E-state index contributed by atoms with van der Waals surface area (Å²) in [5, 5.41) is 0. The van der Waals surface area contributed by atoms with Crippen LogP contribution in [-0.4, -0.2) is 12.4 Å². The van der Waals surface area contributed by atoms with E-state index < -0.39 is 0 Å². The fourth-order valence-corrected chi connectivity index (χ4v) is 3.74. The molecule has 21 heavy (non-hydrogen) atoms. The zero-order chi connectivity index (χ0) is 14.9. The minimum atomic E-state index is -0.264. The van der Waals surface area contributed by atoms with Gasteiger partial charge >= 0.3 is 0 Å². The van der Waals surface area contributed by atoms with Crippen LogP contribution < -0.4 is 9.46 Å². The first kappa shape index (κ1) is 17.0. The maximum Gasteiger partial charge on any atom is 0.165 e. The summed E-state index contributed by atoms with van der Waals surface area (Å²) in [5.41, 5.74) is 1.06. The zero-order valence-electron chi connectivity index (χ0n) is 12.6. The van der Waals surface area contributed by atoms with Crippen LogP contribution in [0.25, 0.3) is 0 Å². The number of rotatable bonds is 11. The molecule has 0 amide bonds. The van der Waals surface area contributed by atoms with E-state index >= 15 is 0 Å². The molecule has 5 heteroatoms. The average Bonchev–Trinajstić information content (AvgIpc) is 3.30. The van der Waals surface area contributed by atoms with Crippen LogP contribution >= 0.6 is 21.8 Å². The van der Waals surface area contributed by atoms with Crippen LogP contribution in [0, 0.1) is 11.7 Å². The van der Waals surface area contributed by atoms with E-state index in [1.54, 1.807) is 11.0 Å². The second kappa shape index (κ2) is 9.59. The number of hydrogen-bond acceptors (Lipinski definition) is 4. The van der Waals surface area contributed by atoms with Crippen molar-refractivity contribution < 1.29 is 9.13 Å². The number of nitrogens with one attached hydrogen (secondary N) is 1. The Kier molecular flexibility index (Phi) is 7.75. The summed E-state index contributed by atoms with van der Waals surface area (Å²) in [6, 6.07) is 5.12. The average molecular weight is 330 g/mol. The SMILES string of the molecule is CCCCSSNCc1ccc(F)c(OCCC2CC2)c1. The lowest BCUT2D eigenvalue weighted by atomic mass is 10.2. The highest BCUT2D eigenvalue weighted by Gasteiger charge is 2.20. The van der Waals surface area contributed by atoms with Gasteiger partial charge in [-0.15, -0.1) is 0 Å². The van der Waals surface area contributed by atoms with E-state index in [0.29, 0.717) is 12.4 Å². The molecule has 0 spiro atoms. The summed E-state index contributed by atoms with van der Waals surface area (Å²) in [6.45, 7) is 3.55. The van der Waals surface area contributed by atoms with Gasteiger partial charge in [0, 0.05) is 12.3 Å². The van der Waals surface area contributed by atoms with Crippen molar-refractivity contribution in [2.24, 2.45) is 5.92 Å². The zero-order valence-corrected chi connectivity index (χ0v) is 14.2. The van der Waals surface area contributed by atoms with Gasteiger partial charge in [-0.2, -0.15) is 0 Å². The van der Waals surface area contributed by atoms with E-state index in [0.717, 1.165) is 30.2 Å². The maximum atomic E-state index is 13.7. The van der Waals surface area contributed by atoms with Gasteiger partial charge in [-0.1, -0.05) is 43.0 Å². The Hall–Kier alpha value is -0.390. The Balaban J connectivity index is 1.69. The predicted octanol–water partition coefficient (Wildman–Crippen LogP) is 5.19. The van der Waals surface area contributed by atoms with Gasteiger partial charge in [0.15, 0.2) is 11.6 Å². The Morgan fingerprint density at radius 3 is 3.00 bits per heavy atom. The normalized spacial score (nSPS) is 14.4. The molecule has 0 bridgehead atoms. The van der Waals surface area contributed by atoms with Gasteiger partial charge < -0.3 is 4.74 Å². The van der Waals surface area contributed by atoms with Crippen LogP contribution in [0.1, 0.15) is 44.6 Å². The van der Waals surface area contributed by atoms with Gasteiger partial charge in [0.05, 0.1) is 6.61 Å². The molecular weight excluding hydrogens is 305 g/mol. The lowest BCUT2D eigenvalue weighted by Crippen LogP contribution is -2.04. The van der Waals surface area contributed by atoms with Crippen LogP contribution in [-0.2, 0) is 6.54 Å². The van der Waals surface area contributed by atoms with E-state index in [1.165, 1.54) is 31.7 Å². The second-order valence-corrected chi connectivity index (χ2v) is 7.73. The summed E-state index contributed by atoms with van der Waals surface area (Å²) < 4.78 is 22.5. The molecule has 0 aliphatic heterocycles. The van der Waals surface area contributed by atoms with Gasteiger partial charge in [-0.25, -0.2) is 4.39 Å². The number of halogens is 1. The minimum Gasteiger partial charge on any atom is -0.490 e. The van der Waals surface area contributed by atoms with E-state index in [9.17, 15) is 4.39 Å². The van der Waals surface area contributed by atoms with E-state index in [-0.39, 0.29) is 5.82 Å². The Morgan fingerprint density at radius 1 is 1.38 bits per heavy atom. The fraction of sp³-hybridized carbons (Fsp3) is 0.625. The molecule has 1 aromatic carbocycles. The maximum absolute atomic E-state index is 13.7. The second-order valence-electron chi connectivity index (χ2n) is 5.43. The summed E-state index contributed by atoms with van der Waals surface area (Å²) >= 11 is 0. The topological polar surface area (TPSA) is 21.3 Å². The van der Waals surface area contributed by atoms with Crippen molar-refractivity contribution in [3.63, 3.8) is 0 Å². The van der Waals surface area contributed by atoms with Gasteiger partial charge in [0.1, 0.15) is 0 Å². The number of benzene rings is 1. The molecule has 0 aromatic heterocycles. The summed E-state index contributed by atoms with van der Waals surface area (Å²) in [5.74, 6) is 2.10. The molecule has 1 saturated carbocycles. The van der Waals surface area contributed by atoms with Gasteiger partial charge in [0.25, 0.3) is 0 Å². The van der Waals surface area contributed by atoms with Crippen LogP contribution in [0.5, 0.6) is 5.75 Å². The summed E-state index contributed by atoms with van der Waals surface area (Å²) in [6.07, 6.45) is 6.14. The first-order valence-electron chi connectivity index (χ1n) is 7.72. The van der Waals surface area contributed by atoms with Crippen molar-refractivity contribution in [2.45, 2.75) is 45.6 Å². The third-order valence-corrected chi connectivity index (χ3v) is 5.49. The molecule has 1 aliphatic rings. The molecule has 2 rings (SSSR count). The van der Waals surface area contributed by atoms with E-state index in [1.807, 2.05) is 22.9 Å². The number of ether oxygens (including phenoxy) is 1. The van der Waals surface area contributed by atoms with Crippen molar-refractivity contribution in [1.82, 2.24) is 4.72 Å². The molecule has 2 nitrogen and oxygen atoms in total. The van der Waals surface area contributed by atoms with Crippen LogP contribution in [0.3, 0.4) is 0 Å². The Labute approximate surface area is 135 Å². The number of unbranched alkanes of at least 4 members (excludes halogenated alkanes) is 1. The third-order valence-electron chi connectivity index (χ3n) is 3.45. The smallest absolute Gasteiger partial charge is 0.165 e. The third kappa shape index (κ3) is 6.94.